The largest absolute Gasteiger partial charge is 0.491 e. The molecule has 0 bridgehead atoms. The normalized spacial score (nSPS) is 15.4. The van der Waals surface area contributed by atoms with Gasteiger partial charge in [-0.25, -0.2) is 4.39 Å². The zero-order valence-electron chi connectivity index (χ0n) is 20.7. The zero-order valence-corrected chi connectivity index (χ0v) is 20.7. The van der Waals surface area contributed by atoms with Gasteiger partial charge in [0.25, 0.3) is 5.91 Å². The molecule has 36 heavy (non-hydrogen) atoms. The fourth-order valence-electron chi connectivity index (χ4n) is 4.60. The Bertz CT molecular complexity index is 1390. The molecule has 1 aliphatic heterocycles. The average molecular weight is 485 g/mol. The first-order valence-electron chi connectivity index (χ1n) is 12.1. The molecule has 5 nitrogen and oxygen atoms in total. The fraction of sp³-hybridized carbons (Fsp3) is 0.267. The smallest absolute Gasteiger partial charge is 0.255 e. The lowest BCUT2D eigenvalue weighted by Crippen LogP contribution is -2.47. The molecule has 0 aliphatic carbocycles. The van der Waals surface area contributed by atoms with Gasteiger partial charge in [-0.1, -0.05) is 18.2 Å². The summed E-state index contributed by atoms with van der Waals surface area (Å²) in [6.45, 7) is 6.66. The molecule has 2 heterocycles. The van der Waals surface area contributed by atoms with Crippen molar-refractivity contribution < 1.29 is 18.7 Å². The number of carbonyl (C=O) groups is 1. The molecule has 0 spiro atoms. The summed E-state index contributed by atoms with van der Waals surface area (Å²) in [5, 5.41) is 0.809. The van der Waals surface area contributed by atoms with E-state index in [-0.39, 0.29) is 30.0 Å². The van der Waals surface area contributed by atoms with Crippen LogP contribution >= 0.6 is 0 Å². The average Bonchev–Trinajstić information content (AvgIpc) is 2.86. The van der Waals surface area contributed by atoms with Crippen molar-refractivity contribution in [1.29, 1.82) is 0 Å². The number of aromatic nitrogens is 1. The standard InChI is InChI=1S/C30H29FN2O3/c1-30(2,3)36-25-13-11-24(12-14-25)35-19-23-17-21-16-22(31)10-9-20(21)18-33(23)29(34)27-6-4-8-28-26(27)7-5-15-32-28/h4-16,23H,17-19H2,1-3H3. The van der Waals surface area contributed by atoms with Crippen molar-refractivity contribution in [1.82, 2.24) is 9.88 Å². The van der Waals surface area contributed by atoms with Crippen molar-refractivity contribution in [2.75, 3.05) is 6.61 Å². The van der Waals surface area contributed by atoms with Gasteiger partial charge in [-0.2, -0.15) is 0 Å². The summed E-state index contributed by atoms with van der Waals surface area (Å²) in [4.78, 5) is 20.1. The van der Waals surface area contributed by atoms with Crippen molar-refractivity contribution in [3.05, 3.63) is 102 Å². The first-order valence-corrected chi connectivity index (χ1v) is 12.1. The van der Waals surface area contributed by atoms with Crippen molar-refractivity contribution in [3.63, 3.8) is 0 Å². The minimum absolute atomic E-state index is 0.0916. The molecule has 1 amide bonds. The van der Waals surface area contributed by atoms with E-state index in [2.05, 4.69) is 4.98 Å². The molecular weight excluding hydrogens is 455 g/mol. The lowest BCUT2D eigenvalue weighted by atomic mass is 9.93. The van der Waals surface area contributed by atoms with E-state index in [1.807, 2.05) is 80.3 Å². The van der Waals surface area contributed by atoms with E-state index in [0.717, 1.165) is 27.8 Å². The lowest BCUT2D eigenvalue weighted by molar-refractivity contribution is 0.0568. The number of ether oxygens (including phenoxy) is 2. The Morgan fingerprint density at radius 3 is 2.56 bits per heavy atom. The fourth-order valence-corrected chi connectivity index (χ4v) is 4.60. The van der Waals surface area contributed by atoms with Gasteiger partial charge in [0, 0.05) is 23.7 Å². The van der Waals surface area contributed by atoms with Gasteiger partial charge in [0.1, 0.15) is 29.5 Å². The second kappa shape index (κ2) is 9.61. The minimum Gasteiger partial charge on any atom is -0.491 e. The van der Waals surface area contributed by atoms with E-state index in [1.165, 1.54) is 6.07 Å². The third-order valence-corrected chi connectivity index (χ3v) is 6.23. The summed E-state index contributed by atoms with van der Waals surface area (Å²) in [5.74, 6) is 1.08. The van der Waals surface area contributed by atoms with Crippen molar-refractivity contribution in [2.45, 2.75) is 45.4 Å². The molecule has 0 fully saturated rings. The number of benzene rings is 3. The van der Waals surface area contributed by atoms with Crippen LogP contribution in [-0.2, 0) is 13.0 Å². The highest BCUT2D eigenvalue weighted by molar-refractivity contribution is 6.06. The van der Waals surface area contributed by atoms with Crippen LogP contribution in [0.5, 0.6) is 11.5 Å². The van der Waals surface area contributed by atoms with Crippen LogP contribution in [-0.4, -0.2) is 34.0 Å². The molecule has 184 valence electrons. The van der Waals surface area contributed by atoms with Gasteiger partial charge in [0.15, 0.2) is 0 Å². The Balaban J connectivity index is 1.41. The second-order valence-electron chi connectivity index (χ2n) is 10.1. The van der Waals surface area contributed by atoms with Gasteiger partial charge >= 0.3 is 0 Å². The van der Waals surface area contributed by atoms with Crippen LogP contribution in [0.1, 0.15) is 42.3 Å². The van der Waals surface area contributed by atoms with E-state index in [1.54, 1.807) is 18.3 Å². The molecule has 0 saturated carbocycles. The molecule has 1 atom stereocenters. The first kappa shape index (κ1) is 23.8. The van der Waals surface area contributed by atoms with Crippen molar-refractivity contribution in [2.24, 2.45) is 0 Å². The summed E-state index contributed by atoms with van der Waals surface area (Å²) in [7, 11) is 0. The third-order valence-electron chi connectivity index (χ3n) is 6.23. The van der Waals surface area contributed by atoms with Gasteiger partial charge in [-0.15, -0.1) is 0 Å². The Morgan fingerprint density at radius 1 is 1.00 bits per heavy atom. The van der Waals surface area contributed by atoms with Crippen LogP contribution in [0.15, 0.2) is 79.0 Å². The molecule has 4 aromatic rings. The Labute approximate surface area is 210 Å². The van der Waals surface area contributed by atoms with Gasteiger partial charge in [0.05, 0.1) is 11.6 Å². The van der Waals surface area contributed by atoms with Crippen LogP contribution in [0.25, 0.3) is 10.9 Å². The predicted molar refractivity (Wildman–Crippen MR) is 138 cm³/mol. The molecule has 5 rings (SSSR count). The van der Waals surface area contributed by atoms with Crippen LogP contribution in [0.3, 0.4) is 0 Å². The van der Waals surface area contributed by atoms with Crippen molar-refractivity contribution >= 4 is 16.8 Å². The lowest BCUT2D eigenvalue weighted by Gasteiger charge is -2.37. The van der Waals surface area contributed by atoms with E-state index in [9.17, 15) is 9.18 Å². The maximum absolute atomic E-state index is 14.0. The number of nitrogens with zero attached hydrogens (tertiary/aromatic N) is 2. The number of rotatable bonds is 5. The van der Waals surface area contributed by atoms with E-state index in [0.29, 0.717) is 24.3 Å². The third kappa shape index (κ3) is 5.18. The molecule has 0 N–H and O–H groups in total. The highest BCUT2D eigenvalue weighted by Gasteiger charge is 2.32. The number of amides is 1. The molecular formula is C30H29FN2O3. The maximum Gasteiger partial charge on any atom is 0.255 e. The van der Waals surface area contributed by atoms with E-state index in [4.69, 9.17) is 9.47 Å². The SMILES string of the molecule is CC(C)(C)Oc1ccc(OCC2Cc3cc(F)ccc3CN2C(=O)c2cccc3ncccc23)cc1. The molecule has 0 radical (unpaired) electrons. The van der Waals surface area contributed by atoms with Gasteiger partial charge < -0.3 is 14.4 Å². The van der Waals surface area contributed by atoms with Gasteiger partial charge in [-0.3, -0.25) is 9.78 Å². The Morgan fingerprint density at radius 2 is 1.78 bits per heavy atom. The molecule has 1 aromatic heterocycles. The first-order chi connectivity index (χ1) is 17.3. The van der Waals surface area contributed by atoms with Gasteiger partial charge in [-0.05, 0) is 92.9 Å². The minimum atomic E-state index is -0.287. The number of halogens is 1. The Hall–Kier alpha value is -3.93. The van der Waals surface area contributed by atoms with E-state index >= 15 is 0 Å². The number of pyridine rings is 1. The quantitative estimate of drug-likeness (QED) is 0.339. The molecule has 0 saturated heterocycles. The monoisotopic (exact) mass is 484 g/mol. The second-order valence-corrected chi connectivity index (χ2v) is 10.1. The molecule has 6 heteroatoms. The van der Waals surface area contributed by atoms with Crippen LogP contribution in [0.2, 0.25) is 0 Å². The van der Waals surface area contributed by atoms with Crippen LogP contribution in [0.4, 0.5) is 4.39 Å². The molecule has 1 unspecified atom stereocenters. The highest BCUT2D eigenvalue weighted by Crippen LogP contribution is 2.29. The van der Waals surface area contributed by atoms with Crippen LogP contribution in [0, 0.1) is 5.82 Å². The number of fused-ring (bicyclic) bond motifs is 2. The zero-order chi connectivity index (χ0) is 25.3. The summed E-state index contributed by atoms with van der Waals surface area (Å²) < 4.78 is 26.0. The molecule has 3 aromatic carbocycles. The molecule has 1 aliphatic rings. The summed E-state index contributed by atoms with van der Waals surface area (Å²) in [6, 6.07) is 21.3. The van der Waals surface area contributed by atoms with Gasteiger partial charge in [0.2, 0.25) is 0 Å². The van der Waals surface area contributed by atoms with Crippen molar-refractivity contribution in [3.8, 4) is 11.5 Å². The van der Waals surface area contributed by atoms with E-state index < -0.39 is 0 Å². The van der Waals surface area contributed by atoms with Crippen LogP contribution < -0.4 is 9.47 Å². The summed E-state index contributed by atoms with van der Waals surface area (Å²) >= 11 is 0. The predicted octanol–water partition coefficient (Wildman–Crippen LogP) is 6.20. The highest BCUT2D eigenvalue weighted by atomic mass is 19.1. The Kier molecular flexibility index (Phi) is 6.35. The number of carbonyl (C=O) groups excluding carboxylic acids is 1. The summed E-state index contributed by atoms with van der Waals surface area (Å²) in [5.41, 5.74) is 2.93. The number of hydrogen-bond acceptors (Lipinski definition) is 4. The maximum atomic E-state index is 14.0. The summed E-state index contributed by atoms with van der Waals surface area (Å²) in [6.07, 6.45) is 2.23. The number of hydrogen-bond donors (Lipinski definition) is 0. The topological polar surface area (TPSA) is 51.7 Å².